The molecule has 0 saturated carbocycles. The molecule has 2 aromatic carbocycles. The normalized spacial score (nSPS) is 13.9. The van der Waals surface area contributed by atoms with Gasteiger partial charge < -0.3 is 20.1 Å². The van der Waals surface area contributed by atoms with E-state index in [1.807, 2.05) is 0 Å². The minimum absolute atomic E-state index is 0.356. The van der Waals surface area contributed by atoms with Crippen LogP contribution in [0.1, 0.15) is 22.3 Å². The van der Waals surface area contributed by atoms with Gasteiger partial charge in [0.05, 0.1) is 24.5 Å². The van der Waals surface area contributed by atoms with Crippen LogP contribution in [0, 0.1) is 11.3 Å². The molecular formula is C19H17N3O3. The van der Waals surface area contributed by atoms with Crippen LogP contribution in [0.2, 0.25) is 0 Å². The number of amides is 2. The molecule has 0 aromatic heterocycles. The van der Waals surface area contributed by atoms with Crippen molar-refractivity contribution < 1.29 is 14.3 Å². The number of fused-ring (bicyclic) bond motifs is 2. The number of nitriles is 1. The number of anilines is 1. The lowest BCUT2D eigenvalue weighted by Gasteiger charge is -2.14. The van der Waals surface area contributed by atoms with Gasteiger partial charge in [-0.3, -0.25) is 0 Å². The summed E-state index contributed by atoms with van der Waals surface area (Å²) in [5, 5.41) is 14.7. The van der Waals surface area contributed by atoms with Gasteiger partial charge >= 0.3 is 6.03 Å². The summed E-state index contributed by atoms with van der Waals surface area (Å²) in [6.45, 7) is 1.68. The molecule has 2 N–H and O–H groups in total. The van der Waals surface area contributed by atoms with Crippen molar-refractivity contribution in [1.82, 2.24) is 5.32 Å². The maximum atomic E-state index is 12.3. The Bertz CT molecular complexity index is 854. The zero-order chi connectivity index (χ0) is 17.2. The fraction of sp³-hybridized carbons (Fsp3) is 0.263. The molecule has 0 unspecified atom stereocenters. The smallest absolute Gasteiger partial charge is 0.319 e. The van der Waals surface area contributed by atoms with Crippen molar-refractivity contribution in [2.24, 2.45) is 0 Å². The Hall–Kier alpha value is -3.20. The zero-order valence-corrected chi connectivity index (χ0v) is 13.6. The van der Waals surface area contributed by atoms with E-state index in [1.165, 1.54) is 0 Å². The van der Waals surface area contributed by atoms with E-state index in [9.17, 15) is 4.79 Å². The molecule has 126 valence electrons. The Kier molecular flexibility index (Phi) is 3.90. The summed E-state index contributed by atoms with van der Waals surface area (Å²) in [7, 11) is 0. The summed E-state index contributed by atoms with van der Waals surface area (Å²) in [6.07, 6.45) is 1.68. The van der Waals surface area contributed by atoms with Crippen molar-refractivity contribution in [1.29, 1.82) is 5.26 Å². The molecule has 6 heteroatoms. The summed E-state index contributed by atoms with van der Waals surface area (Å²) in [5.74, 6) is 1.78. The number of urea groups is 1. The molecule has 4 rings (SSSR count). The lowest BCUT2D eigenvalue weighted by atomic mass is 9.99. The van der Waals surface area contributed by atoms with Gasteiger partial charge in [0.25, 0.3) is 0 Å². The van der Waals surface area contributed by atoms with Gasteiger partial charge in [0.2, 0.25) is 0 Å². The van der Waals surface area contributed by atoms with Gasteiger partial charge in [-0.05, 0) is 18.2 Å². The minimum atomic E-state index is -0.356. The summed E-state index contributed by atoms with van der Waals surface area (Å²) in [6, 6.07) is 10.7. The third-order valence-corrected chi connectivity index (χ3v) is 4.48. The topological polar surface area (TPSA) is 83.4 Å². The first kappa shape index (κ1) is 15.3. The average molecular weight is 335 g/mol. The van der Waals surface area contributed by atoms with Crippen LogP contribution in [0.3, 0.4) is 0 Å². The van der Waals surface area contributed by atoms with E-state index in [-0.39, 0.29) is 6.03 Å². The maximum absolute atomic E-state index is 12.3. The molecule has 0 radical (unpaired) electrons. The first-order chi connectivity index (χ1) is 12.3. The van der Waals surface area contributed by atoms with Gasteiger partial charge in [0.15, 0.2) is 0 Å². The second kappa shape index (κ2) is 6.36. The molecule has 2 aliphatic heterocycles. The lowest BCUT2D eigenvalue weighted by Crippen LogP contribution is -2.29. The Balaban J connectivity index is 1.51. The standard InChI is InChI=1S/C19H17N3O3/c20-10-13-3-1-2-4-16(13)22-19(23)21-11-15-14-6-8-24-17(14)9-12-5-7-25-18(12)15/h1-4,9H,5-8,11H2,(H2,21,22,23). The van der Waals surface area contributed by atoms with Crippen LogP contribution in [-0.4, -0.2) is 19.2 Å². The van der Waals surface area contributed by atoms with Crippen LogP contribution >= 0.6 is 0 Å². The zero-order valence-electron chi connectivity index (χ0n) is 13.6. The molecule has 0 aliphatic carbocycles. The number of carbonyl (C=O) groups is 1. The van der Waals surface area contributed by atoms with Gasteiger partial charge in [0, 0.05) is 36.1 Å². The van der Waals surface area contributed by atoms with Crippen LogP contribution in [0.4, 0.5) is 10.5 Å². The summed E-state index contributed by atoms with van der Waals surface area (Å²) >= 11 is 0. The van der Waals surface area contributed by atoms with Crippen LogP contribution in [0.15, 0.2) is 30.3 Å². The van der Waals surface area contributed by atoms with E-state index in [2.05, 4.69) is 22.8 Å². The molecule has 0 fully saturated rings. The van der Waals surface area contributed by atoms with E-state index in [0.717, 1.165) is 41.0 Å². The highest BCUT2D eigenvalue weighted by atomic mass is 16.5. The van der Waals surface area contributed by atoms with Crippen LogP contribution in [0.5, 0.6) is 11.5 Å². The van der Waals surface area contributed by atoms with Crippen molar-refractivity contribution in [3.8, 4) is 17.6 Å². The predicted octanol–water partition coefficient (Wildman–Crippen LogP) is 2.75. The minimum Gasteiger partial charge on any atom is -0.493 e. The van der Waals surface area contributed by atoms with E-state index >= 15 is 0 Å². The SMILES string of the molecule is N#Cc1ccccc1NC(=O)NCc1c2c(cc3c1OCC3)OCC2. The van der Waals surface area contributed by atoms with E-state index in [4.69, 9.17) is 14.7 Å². The number of carbonyl (C=O) groups excluding carboxylic acids is 1. The van der Waals surface area contributed by atoms with Gasteiger partial charge in [0.1, 0.15) is 17.6 Å². The highest BCUT2D eigenvalue weighted by Crippen LogP contribution is 2.40. The average Bonchev–Trinajstić information content (AvgIpc) is 3.28. The molecule has 2 aliphatic rings. The van der Waals surface area contributed by atoms with Crippen molar-refractivity contribution in [3.63, 3.8) is 0 Å². The van der Waals surface area contributed by atoms with Crippen LogP contribution in [-0.2, 0) is 19.4 Å². The Morgan fingerprint density at radius 2 is 2.04 bits per heavy atom. The fourth-order valence-electron chi connectivity index (χ4n) is 3.30. The summed E-state index contributed by atoms with van der Waals surface area (Å²) in [5.41, 5.74) is 4.15. The molecule has 0 saturated heterocycles. The molecule has 2 amide bonds. The summed E-state index contributed by atoms with van der Waals surface area (Å²) < 4.78 is 11.4. The van der Waals surface area contributed by atoms with Gasteiger partial charge in [-0.15, -0.1) is 0 Å². The highest BCUT2D eigenvalue weighted by molar-refractivity contribution is 5.90. The summed E-state index contributed by atoms with van der Waals surface area (Å²) in [4.78, 5) is 12.3. The first-order valence-electron chi connectivity index (χ1n) is 8.23. The van der Waals surface area contributed by atoms with Gasteiger partial charge in [-0.2, -0.15) is 5.26 Å². The molecule has 2 heterocycles. The number of para-hydroxylation sites is 1. The predicted molar refractivity (Wildman–Crippen MR) is 91.9 cm³/mol. The van der Waals surface area contributed by atoms with Gasteiger partial charge in [-0.25, -0.2) is 4.79 Å². The Morgan fingerprint density at radius 1 is 1.20 bits per heavy atom. The molecule has 2 aromatic rings. The van der Waals surface area contributed by atoms with Gasteiger partial charge in [-0.1, -0.05) is 12.1 Å². The van der Waals surface area contributed by atoms with Crippen LogP contribution in [0.25, 0.3) is 0 Å². The van der Waals surface area contributed by atoms with Crippen molar-refractivity contribution in [2.75, 3.05) is 18.5 Å². The molecule has 6 nitrogen and oxygen atoms in total. The monoisotopic (exact) mass is 335 g/mol. The van der Waals surface area contributed by atoms with Crippen molar-refractivity contribution in [3.05, 3.63) is 52.6 Å². The molecule has 0 atom stereocenters. The Morgan fingerprint density at radius 3 is 2.92 bits per heavy atom. The number of rotatable bonds is 3. The number of nitrogens with zero attached hydrogens (tertiary/aromatic N) is 1. The number of hydrogen-bond acceptors (Lipinski definition) is 4. The van der Waals surface area contributed by atoms with Crippen molar-refractivity contribution >= 4 is 11.7 Å². The van der Waals surface area contributed by atoms with Crippen LogP contribution < -0.4 is 20.1 Å². The fourth-order valence-corrected chi connectivity index (χ4v) is 3.30. The molecule has 0 spiro atoms. The molecule has 25 heavy (non-hydrogen) atoms. The maximum Gasteiger partial charge on any atom is 0.319 e. The number of nitrogens with one attached hydrogen (secondary N) is 2. The number of benzene rings is 2. The second-order valence-corrected chi connectivity index (χ2v) is 5.98. The molecule has 0 bridgehead atoms. The van der Waals surface area contributed by atoms with E-state index < -0.39 is 0 Å². The Labute approximate surface area is 145 Å². The second-order valence-electron chi connectivity index (χ2n) is 5.98. The quantitative estimate of drug-likeness (QED) is 0.903. The van der Waals surface area contributed by atoms with E-state index in [1.54, 1.807) is 24.3 Å². The molecular weight excluding hydrogens is 318 g/mol. The lowest BCUT2D eigenvalue weighted by molar-refractivity contribution is 0.251. The van der Waals surface area contributed by atoms with E-state index in [0.29, 0.717) is 31.0 Å². The largest absolute Gasteiger partial charge is 0.493 e. The number of hydrogen-bond donors (Lipinski definition) is 2. The number of ether oxygens (including phenoxy) is 2. The third kappa shape index (κ3) is 2.85. The third-order valence-electron chi connectivity index (χ3n) is 4.48. The van der Waals surface area contributed by atoms with Crippen molar-refractivity contribution in [2.45, 2.75) is 19.4 Å². The highest BCUT2D eigenvalue weighted by Gasteiger charge is 2.26. The first-order valence-corrected chi connectivity index (χ1v) is 8.23.